The zero-order chi connectivity index (χ0) is 15.9. The Bertz CT molecular complexity index is 500. The smallest absolute Gasteiger partial charge is 0.222 e. The summed E-state index contributed by atoms with van der Waals surface area (Å²) in [6.07, 6.45) is 2.65. The number of nitrogens with zero attached hydrogens (tertiary/aromatic N) is 1. The number of carbonyl (C=O) groups excluding carboxylic acids is 1. The Kier molecular flexibility index (Phi) is 6.80. The highest BCUT2D eigenvalue weighted by Crippen LogP contribution is 2.34. The van der Waals surface area contributed by atoms with Crippen molar-refractivity contribution in [1.82, 2.24) is 10.2 Å². The first-order valence-electron chi connectivity index (χ1n) is 7.71. The molecule has 4 nitrogen and oxygen atoms in total. The quantitative estimate of drug-likeness (QED) is 0.734. The third-order valence-electron chi connectivity index (χ3n) is 3.63. The van der Waals surface area contributed by atoms with Crippen molar-refractivity contribution >= 4 is 29.1 Å². The van der Waals surface area contributed by atoms with Gasteiger partial charge in [-0.2, -0.15) is 0 Å². The molecule has 0 atom stereocenters. The molecule has 22 heavy (non-hydrogen) atoms. The molecule has 1 heterocycles. The largest absolute Gasteiger partial charge is 0.491 e. The normalized spacial score (nSPS) is 14.7. The van der Waals surface area contributed by atoms with E-state index in [1.807, 2.05) is 24.0 Å². The average Bonchev–Trinajstić information content (AvgIpc) is 2.88. The second kappa shape index (κ2) is 8.61. The predicted octanol–water partition coefficient (Wildman–Crippen LogP) is 3.49. The second-order valence-corrected chi connectivity index (χ2v) is 6.15. The summed E-state index contributed by atoms with van der Waals surface area (Å²) in [7, 11) is 0. The third-order valence-corrected chi connectivity index (χ3v) is 4.19. The summed E-state index contributed by atoms with van der Waals surface area (Å²) >= 11 is 12.3. The summed E-state index contributed by atoms with van der Waals surface area (Å²) in [5, 5.41) is 4.42. The van der Waals surface area contributed by atoms with E-state index >= 15 is 0 Å². The topological polar surface area (TPSA) is 41.6 Å². The van der Waals surface area contributed by atoms with E-state index in [1.54, 1.807) is 0 Å². The number of benzene rings is 1. The number of carbonyl (C=O) groups is 1. The maximum Gasteiger partial charge on any atom is 0.222 e. The summed E-state index contributed by atoms with van der Waals surface area (Å²) in [4.78, 5) is 13.4. The van der Waals surface area contributed by atoms with Crippen LogP contribution >= 0.6 is 23.2 Å². The molecular weight excluding hydrogens is 323 g/mol. The standard InChI is InChI=1S/C16H22Cl2N2O2/c1-2-22-16-13(17)9-12(10-14(16)18)11-19-6-4-8-20-7-3-5-15(20)21/h9-10,19H,2-8,11H2,1H3. The maximum absolute atomic E-state index is 11.5. The van der Waals surface area contributed by atoms with Crippen molar-refractivity contribution in [2.75, 3.05) is 26.2 Å². The van der Waals surface area contributed by atoms with Crippen LogP contribution in [0.15, 0.2) is 12.1 Å². The van der Waals surface area contributed by atoms with Gasteiger partial charge in [0.25, 0.3) is 0 Å². The molecule has 122 valence electrons. The average molecular weight is 345 g/mol. The zero-order valence-electron chi connectivity index (χ0n) is 12.8. The maximum atomic E-state index is 11.5. The van der Waals surface area contributed by atoms with Gasteiger partial charge in [0, 0.05) is 26.1 Å². The SMILES string of the molecule is CCOc1c(Cl)cc(CNCCCN2CCCC2=O)cc1Cl. The van der Waals surface area contributed by atoms with Gasteiger partial charge in [-0.25, -0.2) is 0 Å². The molecule has 1 aliphatic rings. The highest BCUT2D eigenvalue weighted by molar-refractivity contribution is 6.37. The minimum absolute atomic E-state index is 0.282. The van der Waals surface area contributed by atoms with Crippen molar-refractivity contribution in [1.29, 1.82) is 0 Å². The van der Waals surface area contributed by atoms with Crippen molar-refractivity contribution in [3.63, 3.8) is 0 Å². The van der Waals surface area contributed by atoms with E-state index < -0.39 is 0 Å². The van der Waals surface area contributed by atoms with Crippen LogP contribution in [0.5, 0.6) is 5.75 Å². The molecule has 1 saturated heterocycles. The molecule has 0 aliphatic carbocycles. The first-order chi connectivity index (χ1) is 10.6. The van der Waals surface area contributed by atoms with Crippen molar-refractivity contribution in [3.05, 3.63) is 27.7 Å². The molecule has 2 rings (SSSR count). The predicted molar refractivity (Wildman–Crippen MR) is 89.8 cm³/mol. The minimum atomic E-state index is 0.282. The van der Waals surface area contributed by atoms with Crippen LogP contribution in [0, 0.1) is 0 Å². The second-order valence-electron chi connectivity index (χ2n) is 5.34. The monoisotopic (exact) mass is 344 g/mol. The summed E-state index contributed by atoms with van der Waals surface area (Å²) in [6.45, 7) is 5.71. The van der Waals surface area contributed by atoms with Gasteiger partial charge >= 0.3 is 0 Å². The van der Waals surface area contributed by atoms with E-state index in [1.165, 1.54) is 0 Å². The fraction of sp³-hybridized carbons (Fsp3) is 0.562. The molecule has 1 N–H and O–H groups in total. The molecule has 0 aromatic heterocycles. The first-order valence-corrected chi connectivity index (χ1v) is 8.46. The lowest BCUT2D eigenvalue weighted by Gasteiger charge is -2.15. The van der Waals surface area contributed by atoms with Crippen LogP contribution in [0.2, 0.25) is 10.0 Å². The fourth-order valence-electron chi connectivity index (χ4n) is 2.56. The number of nitrogens with one attached hydrogen (secondary N) is 1. The van der Waals surface area contributed by atoms with Gasteiger partial charge in [-0.05, 0) is 44.0 Å². The van der Waals surface area contributed by atoms with Crippen LogP contribution < -0.4 is 10.1 Å². The van der Waals surface area contributed by atoms with Crippen molar-refractivity contribution in [3.8, 4) is 5.75 Å². The Labute approximate surface area is 141 Å². The number of likely N-dealkylation sites (tertiary alicyclic amines) is 1. The van der Waals surface area contributed by atoms with Crippen molar-refractivity contribution in [2.45, 2.75) is 32.7 Å². The lowest BCUT2D eigenvalue weighted by atomic mass is 10.2. The van der Waals surface area contributed by atoms with Gasteiger partial charge in [-0.1, -0.05) is 23.2 Å². The lowest BCUT2D eigenvalue weighted by Crippen LogP contribution is -2.28. The van der Waals surface area contributed by atoms with Crippen LogP contribution in [0.1, 0.15) is 31.7 Å². The van der Waals surface area contributed by atoms with Gasteiger partial charge in [0.15, 0.2) is 5.75 Å². The van der Waals surface area contributed by atoms with Crippen LogP contribution in [0.4, 0.5) is 0 Å². The van der Waals surface area contributed by atoms with E-state index in [0.29, 0.717) is 35.4 Å². The highest BCUT2D eigenvalue weighted by atomic mass is 35.5. The summed E-state index contributed by atoms with van der Waals surface area (Å²) in [5.41, 5.74) is 1.02. The van der Waals surface area contributed by atoms with Crippen LogP contribution in [0.25, 0.3) is 0 Å². The molecular formula is C16H22Cl2N2O2. The molecule has 1 aliphatic heterocycles. The Morgan fingerprint density at radius 2 is 2.05 bits per heavy atom. The number of amides is 1. The highest BCUT2D eigenvalue weighted by Gasteiger charge is 2.18. The molecule has 0 unspecified atom stereocenters. The van der Waals surface area contributed by atoms with Gasteiger partial charge < -0.3 is 15.0 Å². The fourth-order valence-corrected chi connectivity index (χ4v) is 3.21. The molecule has 0 saturated carbocycles. The third kappa shape index (κ3) is 4.77. The molecule has 1 aromatic carbocycles. The van der Waals surface area contributed by atoms with E-state index in [4.69, 9.17) is 27.9 Å². The number of hydrogen-bond acceptors (Lipinski definition) is 3. The zero-order valence-corrected chi connectivity index (χ0v) is 14.3. The minimum Gasteiger partial charge on any atom is -0.491 e. The van der Waals surface area contributed by atoms with E-state index in [2.05, 4.69) is 5.32 Å². The van der Waals surface area contributed by atoms with Gasteiger partial charge in [0.1, 0.15) is 0 Å². The van der Waals surface area contributed by atoms with E-state index in [9.17, 15) is 4.79 Å². The molecule has 1 fully saturated rings. The summed E-state index contributed by atoms with van der Waals surface area (Å²) in [5.74, 6) is 0.826. The first kappa shape index (κ1) is 17.4. The van der Waals surface area contributed by atoms with E-state index in [-0.39, 0.29) is 5.91 Å². The molecule has 1 aromatic rings. The Morgan fingerprint density at radius 3 is 2.64 bits per heavy atom. The van der Waals surface area contributed by atoms with Gasteiger partial charge in [0.05, 0.1) is 16.7 Å². The number of halogens is 2. The molecule has 0 bridgehead atoms. The Balaban J connectivity index is 1.74. The Hall–Kier alpha value is -0.970. The Morgan fingerprint density at radius 1 is 1.32 bits per heavy atom. The van der Waals surface area contributed by atoms with E-state index in [0.717, 1.165) is 38.0 Å². The summed E-state index contributed by atoms with van der Waals surface area (Å²) in [6, 6.07) is 3.74. The van der Waals surface area contributed by atoms with Crippen LogP contribution in [-0.2, 0) is 11.3 Å². The molecule has 0 spiro atoms. The molecule has 6 heteroatoms. The lowest BCUT2D eigenvalue weighted by molar-refractivity contribution is -0.127. The van der Waals surface area contributed by atoms with Crippen molar-refractivity contribution in [2.24, 2.45) is 0 Å². The van der Waals surface area contributed by atoms with Gasteiger partial charge in [0.2, 0.25) is 5.91 Å². The number of hydrogen-bond donors (Lipinski definition) is 1. The van der Waals surface area contributed by atoms with Crippen LogP contribution in [0.3, 0.4) is 0 Å². The number of ether oxygens (including phenoxy) is 1. The van der Waals surface area contributed by atoms with Crippen molar-refractivity contribution < 1.29 is 9.53 Å². The number of rotatable bonds is 8. The van der Waals surface area contributed by atoms with Crippen LogP contribution in [-0.4, -0.2) is 37.0 Å². The molecule has 0 radical (unpaired) electrons. The molecule has 1 amide bonds. The summed E-state index contributed by atoms with van der Waals surface area (Å²) < 4.78 is 5.41. The van der Waals surface area contributed by atoms with Gasteiger partial charge in [-0.3, -0.25) is 4.79 Å². The van der Waals surface area contributed by atoms with Gasteiger partial charge in [-0.15, -0.1) is 0 Å².